The second-order valence-corrected chi connectivity index (χ2v) is 3.22. The molecule has 0 saturated carbocycles. The third-order valence-electron chi connectivity index (χ3n) is 1.31. The fraction of sp³-hybridized carbons (Fsp3) is 0.571. The van der Waals surface area contributed by atoms with E-state index in [2.05, 4.69) is 30.7 Å². The van der Waals surface area contributed by atoms with E-state index in [1.165, 1.54) is 5.69 Å². The molecule has 1 aromatic rings. The molecule has 1 rings (SSSR count). The minimum Gasteiger partial charge on any atom is -0.348 e. The highest BCUT2D eigenvalue weighted by Gasteiger charge is 2.13. The van der Waals surface area contributed by atoms with Crippen molar-refractivity contribution in [3.63, 3.8) is 0 Å². The van der Waals surface area contributed by atoms with Crippen molar-refractivity contribution < 1.29 is 0 Å². The average Bonchev–Trinajstić information content (AvgIpc) is 2.08. The van der Waals surface area contributed by atoms with Gasteiger partial charge >= 0.3 is 0 Å². The van der Waals surface area contributed by atoms with Crippen molar-refractivity contribution in [2.45, 2.75) is 26.2 Å². The van der Waals surface area contributed by atoms with Crippen molar-refractivity contribution in [1.29, 1.82) is 0 Å². The van der Waals surface area contributed by atoms with E-state index < -0.39 is 0 Å². The van der Waals surface area contributed by atoms with Gasteiger partial charge in [-0.3, -0.25) is 0 Å². The van der Waals surface area contributed by atoms with Crippen LogP contribution in [0.2, 0.25) is 0 Å². The Bertz CT molecular complexity index is 174. The van der Waals surface area contributed by atoms with Crippen molar-refractivity contribution >= 4 is 17.0 Å². The van der Waals surface area contributed by atoms with Gasteiger partial charge in [0.2, 0.25) is 0 Å². The van der Waals surface area contributed by atoms with Crippen LogP contribution in [0.3, 0.4) is 0 Å². The first kappa shape index (κ1) is 9.69. The number of aromatic nitrogens is 2. The summed E-state index contributed by atoms with van der Waals surface area (Å²) in [5, 5.41) is 0. The largest absolute Gasteiger partial charge is 0.348 e. The second-order valence-electron chi connectivity index (χ2n) is 3.22. The Hall–Kier alpha value is -0.310. The predicted octanol–water partition coefficient (Wildman–Crippen LogP) is 2.29. The van der Waals surface area contributed by atoms with Crippen LogP contribution in [0.1, 0.15) is 26.5 Å². The molecule has 0 aliphatic heterocycles. The van der Waals surface area contributed by atoms with Gasteiger partial charge in [0.05, 0.1) is 6.33 Å². The number of nitrogens with zero attached hydrogens (tertiary/aromatic N) is 1. The maximum Gasteiger partial charge on any atom is 0.0921 e. The van der Waals surface area contributed by atoms with Crippen LogP contribution in [0.4, 0.5) is 0 Å². The Kier molecular flexibility index (Phi) is 3.09. The lowest BCUT2D eigenvalue weighted by Crippen LogP contribution is -2.10. The van der Waals surface area contributed by atoms with Crippen LogP contribution in [0.15, 0.2) is 12.5 Å². The zero-order valence-electron chi connectivity index (χ0n) is 6.51. The van der Waals surface area contributed by atoms with Crippen molar-refractivity contribution in [2.75, 3.05) is 0 Å². The normalized spacial score (nSPS) is 10.7. The lowest BCUT2D eigenvalue weighted by molar-refractivity contribution is 0.572. The average molecular weight is 205 g/mol. The molecule has 0 aliphatic carbocycles. The Morgan fingerprint density at radius 1 is 1.40 bits per heavy atom. The molecular formula is C7H13BrN2. The Balaban J connectivity index is 0.000000810. The molecule has 0 aromatic carbocycles. The first-order chi connectivity index (χ1) is 4.11. The molecule has 0 saturated heterocycles. The molecule has 0 bridgehead atoms. The van der Waals surface area contributed by atoms with E-state index in [1.54, 1.807) is 6.33 Å². The quantitative estimate of drug-likeness (QED) is 0.691. The van der Waals surface area contributed by atoms with Crippen LogP contribution in [0, 0.1) is 0 Å². The first-order valence-corrected chi connectivity index (χ1v) is 3.09. The first-order valence-electron chi connectivity index (χ1n) is 3.09. The molecule has 58 valence electrons. The van der Waals surface area contributed by atoms with Gasteiger partial charge in [0.1, 0.15) is 0 Å². The van der Waals surface area contributed by atoms with Crippen LogP contribution in [0.25, 0.3) is 0 Å². The summed E-state index contributed by atoms with van der Waals surface area (Å²) in [6.07, 6.45) is 3.57. The lowest BCUT2D eigenvalue weighted by atomic mass is 9.93. The van der Waals surface area contributed by atoms with Crippen molar-refractivity contribution in [2.24, 2.45) is 0 Å². The van der Waals surface area contributed by atoms with E-state index in [1.807, 2.05) is 6.20 Å². The SMILES string of the molecule is Br.CC(C)(C)c1cnc[nH]1. The van der Waals surface area contributed by atoms with Crippen LogP contribution >= 0.6 is 17.0 Å². The van der Waals surface area contributed by atoms with Gasteiger partial charge in [-0.15, -0.1) is 17.0 Å². The van der Waals surface area contributed by atoms with E-state index in [9.17, 15) is 0 Å². The minimum atomic E-state index is 0. The van der Waals surface area contributed by atoms with Gasteiger partial charge in [-0.1, -0.05) is 20.8 Å². The summed E-state index contributed by atoms with van der Waals surface area (Å²) >= 11 is 0. The summed E-state index contributed by atoms with van der Waals surface area (Å²) < 4.78 is 0. The molecule has 0 unspecified atom stereocenters. The molecule has 0 atom stereocenters. The topological polar surface area (TPSA) is 28.7 Å². The van der Waals surface area contributed by atoms with Gasteiger partial charge in [-0.05, 0) is 0 Å². The summed E-state index contributed by atoms with van der Waals surface area (Å²) in [7, 11) is 0. The third kappa shape index (κ3) is 2.14. The Labute approximate surface area is 71.8 Å². The number of hydrogen-bond acceptors (Lipinski definition) is 1. The van der Waals surface area contributed by atoms with E-state index in [-0.39, 0.29) is 22.4 Å². The summed E-state index contributed by atoms with van der Waals surface area (Å²) in [6, 6.07) is 0. The molecule has 0 aliphatic rings. The van der Waals surface area contributed by atoms with Gasteiger partial charge in [-0.2, -0.15) is 0 Å². The molecule has 0 radical (unpaired) electrons. The standard InChI is InChI=1S/C7H12N2.BrH/c1-7(2,3)6-4-8-5-9-6;/h4-5H,1-3H3,(H,8,9);1H. The van der Waals surface area contributed by atoms with Crippen molar-refractivity contribution in [1.82, 2.24) is 9.97 Å². The summed E-state index contributed by atoms with van der Waals surface area (Å²) in [6.45, 7) is 6.46. The number of imidazole rings is 1. The Morgan fingerprint density at radius 2 is 2.00 bits per heavy atom. The monoisotopic (exact) mass is 204 g/mol. The van der Waals surface area contributed by atoms with Crippen molar-refractivity contribution in [3.05, 3.63) is 18.2 Å². The maximum absolute atomic E-state index is 3.93. The van der Waals surface area contributed by atoms with E-state index >= 15 is 0 Å². The van der Waals surface area contributed by atoms with Crippen LogP contribution in [-0.4, -0.2) is 9.97 Å². The lowest BCUT2D eigenvalue weighted by Gasteiger charge is -2.14. The smallest absolute Gasteiger partial charge is 0.0921 e. The number of rotatable bonds is 0. The summed E-state index contributed by atoms with van der Waals surface area (Å²) in [5.74, 6) is 0. The van der Waals surface area contributed by atoms with Gasteiger partial charge < -0.3 is 4.98 Å². The molecule has 10 heavy (non-hydrogen) atoms. The fourth-order valence-electron chi connectivity index (χ4n) is 0.666. The number of aromatic amines is 1. The summed E-state index contributed by atoms with van der Waals surface area (Å²) in [5.41, 5.74) is 1.39. The van der Waals surface area contributed by atoms with Gasteiger partial charge in [0.15, 0.2) is 0 Å². The van der Waals surface area contributed by atoms with Crippen LogP contribution in [0.5, 0.6) is 0 Å². The highest BCUT2D eigenvalue weighted by molar-refractivity contribution is 8.93. The van der Waals surface area contributed by atoms with Gasteiger partial charge in [-0.25, -0.2) is 4.98 Å². The van der Waals surface area contributed by atoms with Gasteiger partial charge in [0.25, 0.3) is 0 Å². The zero-order chi connectivity index (χ0) is 6.91. The van der Waals surface area contributed by atoms with Crippen molar-refractivity contribution in [3.8, 4) is 0 Å². The molecular weight excluding hydrogens is 192 g/mol. The molecule has 1 aromatic heterocycles. The van der Waals surface area contributed by atoms with Crippen LogP contribution < -0.4 is 0 Å². The fourth-order valence-corrected chi connectivity index (χ4v) is 0.666. The molecule has 1 heterocycles. The number of halogens is 1. The molecule has 2 nitrogen and oxygen atoms in total. The molecule has 0 spiro atoms. The Morgan fingerprint density at radius 3 is 2.20 bits per heavy atom. The predicted molar refractivity (Wildman–Crippen MR) is 47.6 cm³/mol. The third-order valence-corrected chi connectivity index (χ3v) is 1.31. The van der Waals surface area contributed by atoms with Crippen LogP contribution in [-0.2, 0) is 5.41 Å². The minimum absolute atomic E-state index is 0. The molecule has 1 N–H and O–H groups in total. The maximum atomic E-state index is 3.93. The number of nitrogens with one attached hydrogen (secondary N) is 1. The zero-order valence-corrected chi connectivity index (χ0v) is 8.22. The van der Waals surface area contributed by atoms with Gasteiger partial charge in [0, 0.05) is 17.3 Å². The molecule has 3 heteroatoms. The molecule has 0 fully saturated rings. The summed E-state index contributed by atoms with van der Waals surface area (Å²) in [4.78, 5) is 7.00. The highest BCUT2D eigenvalue weighted by Crippen LogP contribution is 2.17. The number of hydrogen-bond donors (Lipinski definition) is 1. The van der Waals surface area contributed by atoms with E-state index in [4.69, 9.17) is 0 Å². The second kappa shape index (κ2) is 3.19. The molecule has 0 amide bonds. The highest BCUT2D eigenvalue weighted by atomic mass is 79.9. The number of H-pyrrole nitrogens is 1. The van der Waals surface area contributed by atoms with E-state index in [0.717, 1.165) is 0 Å². The van der Waals surface area contributed by atoms with E-state index in [0.29, 0.717) is 0 Å².